The molecule has 1 aromatic rings. The summed E-state index contributed by atoms with van der Waals surface area (Å²) in [6, 6.07) is 7.10. The van der Waals surface area contributed by atoms with Crippen LogP contribution in [0, 0.1) is 17.2 Å². The number of nitrogens with zero attached hydrogens (tertiary/aromatic N) is 1. The van der Waals surface area contributed by atoms with Crippen molar-refractivity contribution in [3.05, 3.63) is 23.8 Å². The van der Waals surface area contributed by atoms with E-state index in [1.54, 1.807) is 25.3 Å². The molecule has 5 heteroatoms. The molecule has 0 spiro atoms. The number of carbonyl (C=O) groups excluding carboxylic acids is 1. The summed E-state index contributed by atoms with van der Waals surface area (Å²) in [6.45, 7) is 0. The van der Waals surface area contributed by atoms with Crippen molar-refractivity contribution >= 4 is 5.91 Å². The number of benzene rings is 1. The van der Waals surface area contributed by atoms with E-state index in [0.717, 1.165) is 5.56 Å². The second kappa shape index (κ2) is 5.75. The molecule has 0 saturated carbocycles. The first-order valence-corrected chi connectivity index (χ1v) is 5.02. The van der Waals surface area contributed by atoms with E-state index >= 15 is 0 Å². The maximum atomic E-state index is 11.0. The molecule has 0 bridgehead atoms. The van der Waals surface area contributed by atoms with Crippen LogP contribution in [0.3, 0.4) is 0 Å². The minimum absolute atomic E-state index is 0.270. The molecular weight excluding hydrogens is 220 g/mol. The first-order valence-electron chi connectivity index (χ1n) is 5.02. The summed E-state index contributed by atoms with van der Waals surface area (Å²) in [4.78, 5) is 11.0. The second-order valence-electron chi connectivity index (χ2n) is 3.48. The highest BCUT2D eigenvalue weighted by atomic mass is 16.5. The fourth-order valence-corrected chi connectivity index (χ4v) is 1.45. The zero-order valence-electron chi connectivity index (χ0n) is 9.77. The van der Waals surface area contributed by atoms with Crippen LogP contribution in [-0.4, -0.2) is 20.1 Å². The smallest absolute Gasteiger partial charge is 0.235 e. The summed E-state index contributed by atoms with van der Waals surface area (Å²) in [6.07, 6.45) is 0.270. The van der Waals surface area contributed by atoms with Gasteiger partial charge in [0.05, 0.1) is 20.3 Å². The van der Waals surface area contributed by atoms with E-state index in [-0.39, 0.29) is 6.42 Å². The zero-order valence-corrected chi connectivity index (χ0v) is 9.77. The van der Waals surface area contributed by atoms with Crippen LogP contribution in [0.4, 0.5) is 0 Å². The van der Waals surface area contributed by atoms with Gasteiger partial charge in [0.25, 0.3) is 0 Å². The lowest BCUT2D eigenvalue weighted by Gasteiger charge is -2.10. The van der Waals surface area contributed by atoms with Gasteiger partial charge in [-0.25, -0.2) is 0 Å². The molecule has 5 nitrogen and oxygen atoms in total. The summed E-state index contributed by atoms with van der Waals surface area (Å²) in [5, 5.41) is 8.78. The summed E-state index contributed by atoms with van der Waals surface area (Å²) >= 11 is 0. The van der Waals surface area contributed by atoms with Crippen molar-refractivity contribution in [1.82, 2.24) is 0 Å². The fraction of sp³-hybridized carbons (Fsp3) is 0.333. The number of amides is 1. The Balaban J connectivity index is 2.93. The zero-order chi connectivity index (χ0) is 12.8. The van der Waals surface area contributed by atoms with Gasteiger partial charge in [0, 0.05) is 0 Å². The third-order valence-corrected chi connectivity index (χ3v) is 2.39. The molecule has 0 aliphatic heterocycles. The van der Waals surface area contributed by atoms with E-state index in [1.165, 1.54) is 7.11 Å². The van der Waals surface area contributed by atoms with Crippen LogP contribution in [0.15, 0.2) is 18.2 Å². The van der Waals surface area contributed by atoms with Crippen LogP contribution in [0.2, 0.25) is 0 Å². The maximum absolute atomic E-state index is 11.0. The SMILES string of the molecule is COc1ccc(CC(C#N)C(N)=O)cc1OC. The largest absolute Gasteiger partial charge is 0.493 e. The van der Waals surface area contributed by atoms with Crippen molar-refractivity contribution in [1.29, 1.82) is 5.26 Å². The highest BCUT2D eigenvalue weighted by Crippen LogP contribution is 2.28. The minimum atomic E-state index is -0.826. The van der Waals surface area contributed by atoms with Crippen molar-refractivity contribution in [2.24, 2.45) is 11.7 Å². The van der Waals surface area contributed by atoms with Crippen LogP contribution >= 0.6 is 0 Å². The first kappa shape index (κ1) is 12.8. The Labute approximate surface area is 99.7 Å². The molecule has 1 aromatic carbocycles. The third kappa shape index (κ3) is 3.11. The molecule has 0 fully saturated rings. The molecule has 1 amide bonds. The minimum Gasteiger partial charge on any atom is -0.493 e. The first-order chi connectivity index (χ1) is 8.12. The molecule has 0 radical (unpaired) electrons. The summed E-state index contributed by atoms with van der Waals surface area (Å²) in [5.41, 5.74) is 5.90. The third-order valence-electron chi connectivity index (χ3n) is 2.39. The molecule has 2 N–H and O–H groups in total. The van der Waals surface area contributed by atoms with E-state index < -0.39 is 11.8 Å². The van der Waals surface area contributed by atoms with Crippen LogP contribution in [0.25, 0.3) is 0 Å². The number of methoxy groups -OCH3 is 2. The van der Waals surface area contributed by atoms with Crippen molar-refractivity contribution in [3.63, 3.8) is 0 Å². The van der Waals surface area contributed by atoms with Gasteiger partial charge in [-0.2, -0.15) is 5.26 Å². The monoisotopic (exact) mass is 234 g/mol. The second-order valence-corrected chi connectivity index (χ2v) is 3.48. The number of ether oxygens (including phenoxy) is 2. The Morgan fingerprint density at radius 2 is 2.06 bits per heavy atom. The van der Waals surface area contributed by atoms with Crippen molar-refractivity contribution in [3.8, 4) is 17.6 Å². The topological polar surface area (TPSA) is 85.3 Å². The summed E-state index contributed by atoms with van der Waals surface area (Å²) in [5.74, 6) is -0.287. The average Bonchev–Trinajstić information content (AvgIpc) is 2.35. The fourth-order valence-electron chi connectivity index (χ4n) is 1.45. The van der Waals surface area contributed by atoms with E-state index in [4.69, 9.17) is 20.5 Å². The lowest BCUT2D eigenvalue weighted by atomic mass is 10.00. The Morgan fingerprint density at radius 1 is 1.41 bits per heavy atom. The van der Waals surface area contributed by atoms with Gasteiger partial charge in [-0.15, -0.1) is 0 Å². The normalized spacial score (nSPS) is 11.4. The number of nitriles is 1. The Hall–Kier alpha value is -2.22. The molecule has 1 atom stereocenters. The van der Waals surface area contributed by atoms with Gasteiger partial charge in [-0.05, 0) is 24.1 Å². The van der Waals surface area contributed by atoms with Crippen LogP contribution < -0.4 is 15.2 Å². The van der Waals surface area contributed by atoms with Gasteiger partial charge in [-0.3, -0.25) is 4.79 Å². The average molecular weight is 234 g/mol. The van der Waals surface area contributed by atoms with E-state index in [0.29, 0.717) is 11.5 Å². The molecule has 0 aliphatic carbocycles. The summed E-state index contributed by atoms with van der Waals surface area (Å²) < 4.78 is 10.2. The van der Waals surface area contributed by atoms with Crippen molar-refractivity contribution in [2.75, 3.05) is 14.2 Å². The van der Waals surface area contributed by atoms with Crippen molar-refractivity contribution in [2.45, 2.75) is 6.42 Å². The van der Waals surface area contributed by atoms with Crippen molar-refractivity contribution < 1.29 is 14.3 Å². The number of nitrogens with two attached hydrogens (primary N) is 1. The highest BCUT2D eigenvalue weighted by Gasteiger charge is 2.16. The Bertz CT molecular complexity index is 452. The molecule has 0 aliphatic rings. The molecular formula is C12H14N2O3. The highest BCUT2D eigenvalue weighted by molar-refractivity contribution is 5.79. The van der Waals surface area contributed by atoms with E-state index in [2.05, 4.69) is 0 Å². The van der Waals surface area contributed by atoms with Gasteiger partial charge in [0.2, 0.25) is 5.91 Å². The van der Waals surface area contributed by atoms with E-state index in [1.807, 2.05) is 6.07 Å². The summed E-state index contributed by atoms with van der Waals surface area (Å²) in [7, 11) is 3.07. The molecule has 17 heavy (non-hydrogen) atoms. The quantitative estimate of drug-likeness (QED) is 0.819. The predicted octanol–water partition coefficient (Wildman–Crippen LogP) is 0.871. The molecule has 1 unspecified atom stereocenters. The molecule has 0 heterocycles. The number of rotatable bonds is 5. The Morgan fingerprint density at radius 3 is 2.53 bits per heavy atom. The van der Waals surface area contributed by atoms with Gasteiger partial charge in [-0.1, -0.05) is 6.07 Å². The van der Waals surface area contributed by atoms with Gasteiger partial charge in [0.1, 0.15) is 5.92 Å². The predicted molar refractivity (Wildman–Crippen MR) is 61.5 cm³/mol. The lowest BCUT2D eigenvalue weighted by molar-refractivity contribution is -0.120. The molecule has 1 rings (SSSR count). The number of hydrogen-bond donors (Lipinski definition) is 1. The van der Waals surface area contributed by atoms with E-state index in [9.17, 15) is 4.79 Å². The van der Waals surface area contributed by atoms with Crippen LogP contribution in [-0.2, 0) is 11.2 Å². The van der Waals surface area contributed by atoms with Gasteiger partial charge >= 0.3 is 0 Å². The number of primary amides is 1. The maximum Gasteiger partial charge on any atom is 0.235 e. The molecule has 0 aromatic heterocycles. The van der Waals surface area contributed by atoms with Gasteiger partial charge in [0.15, 0.2) is 11.5 Å². The number of hydrogen-bond acceptors (Lipinski definition) is 4. The lowest BCUT2D eigenvalue weighted by Crippen LogP contribution is -2.23. The molecule has 0 saturated heterocycles. The Kier molecular flexibility index (Phi) is 4.35. The molecule has 90 valence electrons. The van der Waals surface area contributed by atoms with Crippen LogP contribution in [0.5, 0.6) is 11.5 Å². The van der Waals surface area contributed by atoms with Crippen LogP contribution in [0.1, 0.15) is 5.56 Å². The van der Waals surface area contributed by atoms with Gasteiger partial charge < -0.3 is 15.2 Å². The number of carbonyl (C=O) groups is 1. The standard InChI is InChI=1S/C12H14N2O3/c1-16-10-4-3-8(6-11(10)17-2)5-9(7-13)12(14)15/h3-4,6,9H,5H2,1-2H3,(H2,14,15).